The van der Waals surface area contributed by atoms with Crippen molar-refractivity contribution >= 4 is 41.8 Å². The lowest BCUT2D eigenvalue weighted by molar-refractivity contribution is -0.341. The summed E-state index contributed by atoms with van der Waals surface area (Å²) < 4.78 is 80.2. The number of esters is 5. The Balaban J connectivity index is 1.01. The van der Waals surface area contributed by atoms with Crippen LogP contribution >= 0.6 is 0 Å². The molecule has 6 aromatic rings. The van der Waals surface area contributed by atoms with Gasteiger partial charge in [0.2, 0.25) is 0 Å². The summed E-state index contributed by atoms with van der Waals surface area (Å²) >= 11 is 0. The number of fused-ring (bicyclic) bond motifs is 3. The molecule has 450 valence electrons. The van der Waals surface area contributed by atoms with Gasteiger partial charge in [-0.2, -0.15) is 0 Å². The summed E-state index contributed by atoms with van der Waals surface area (Å²) in [4.78, 5) is 91.8. The molecule has 0 amide bonds. The van der Waals surface area contributed by atoms with Crippen LogP contribution in [0.25, 0.3) is 11.1 Å². The van der Waals surface area contributed by atoms with Gasteiger partial charge in [0.1, 0.15) is 49.2 Å². The maximum Gasteiger partial charge on any atom is 0.508 e. The van der Waals surface area contributed by atoms with E-state index >= 15 is 0 Å². The standard InChI is InChI=1S/C66H66O20/c1-40(67)28-33-56(71)86-60-58(75-35-45-20-10-6-11-21-45)55(39-79-66(73)78-37-53-51-26-16-14-24-49(51)50-25-15-17-27-52(50)53)85-65(62(60)82-43(4)70)77-38-54-57(74-34-44-18-8-5-9-19-44)59(80-41(2)68)61(81-42(3)69)64(84-54)76-36-46-29-31-48(32-30-46)83-63(72)47-22-12-7-13-23-47/h5-27,29-32,53-55,57-62,64-65H,28,33-39H2,1-4H3/t54-,55-,57-,58-,59+,60+,61-,62-,64+,65+/m1/s1. The Bertz CT molecular complexity index is 3220. The molecule has 1 aliphatic carbocycles. The van der Waals surface area contributed by atoms with Gasteiger partial charge in [0.25, 0.3) is 0 Å². The third-order valence-electron chi connectivity index (χ3n) is 14.3. The second-order valence-corrected chi connectivity index (χ2v) is 20.6. The Morgan fingerprint density at radius 2 is 0.849 bits per heavy atom. The molecular weight excluding hydrogens is 1110 g/mol. The topological polar surface area (TPSA) is 239 Å². The van der Waals surface area contributed by atoms with E-state index in [0.717, 1.165) is 36.1 Å². The molecule has 10 atom stereocenters. The third kappa shape index (κ3) is 16.6. The minimum absolute atomic E-state index is 0.0756. The number of ketones is 1. The zero-order valence-electron chi connectivity index (χ0n) is 47.8. The van der Waals surface area contributed by atoms with Gasteiger partial charge in [-0.1, -0.05) is 140 Å². The van der Waals surface area contributed by atoms with Crippen molar-refractivity contribution in [2.75, 3.05) is 19.8 Å². The first-order valence-electron chi connectivity index (χ1n) is 28.1. The fourth-order valence-electron chi connectivity index (χ4n) is 10.4. The van der Waals surface area contributed by atoms with Gasteiger partial charge in [0.15, 0.2) is 37.0 Å². The Morgan fingerprint density at radius 3 is 1.38 bits per heavy atom. The average Bonchev–Trinajstić information content (AvgIpc) is 3.03. The molecule has 2 aliphatic heterocycles. The minimum Gasteiger partial charge on any atom is -0.455 e. The van der Waals surface area contributed by atoms with Crippen molar-refractivity contribution in [3.63, 3.8) is 0 Å². The second kappa shape index (κ2) is 29.9. The molecule has 0 aromatic heterocycles. The van der Waals surface area contributed by atoms with Crippen molar-refractivity contribution in [1.82, 2.24) is 0 Å². The van der Waals surface area contributed by atoms with E-state index in [4.69, 9.17) is 61.6 Å². The normalized spacial score (nSPS) is 22.2. The van der Waals surface area contributed by atoms with Crippen molar-refractivity contribution in [2.45, 2.75) is 128 Å². The number of rotatable bonds is 25. The largest absolute Gasteiger partial charge is 0.508 e. The van der Waals surface area contributed by atoms with E-state index < -0.39 is 111 Å². The Hall–Kier alpha value is -8.63. The van der Waals surface area contributed by atoms with Gasteiger partial charge in [0.05, 0.1) is 38.4 Å². The van der Waals surface area contributed by atoms with E-state index in [0.29, 0.717) is 22.3 Å². The fraction of sp³-hybridized carbons (Fsp3) is 0.348. The molecule has 2 saturated heterocycles. The van der Waals surface area contributed by atoms with Crippen LogP contribution in [-0.2, 0) is 101 Å². The van der Waals surface area contributed by atoms with Gasteiger partial charge in [0, 0.05) is 33.1 Å². The lowest BCUT2D eigenvalue weighted by atomic mass is 9.97. The SMILES string of the molecule is CC(=O)CCC(=O)O[C@@H]1[C@@H](OC(C)=O)[C@@H](OC[C@H]2O[C@H](OCc3ccc(OC(=O)c4ccccc4)cc3)[C@H](OC(C)=O)[C@@H](OC(C)=O)[C@@H]2OCc2ccccc2)O[C@H](COC(=O)OCC2c3ccccc3-c3ccccc32)[C@H]1OCc1ccccc1. The smallest absolute Gasteiger partial charge is 0.455 e. The zero-order valence-corrected chi connectivity index (χ0v) is 47.8. The van der Waals surface area contributed by atoms with Crippen LogP contribution in [0.2, 0.25) is 0 Å². The van der Waals surface area contributed by atoms with Crippen molar-refractivity contribution in [1.29, 1.82) is 0 Å². The van der Waals surface area contributed by atoms with Crippen molar-refractivity contribution in [3.8, 4) is 16.9 Å². The molecule has 0 unspecified atom stereocenters. The number of hydrogen-bond acceptors (Lipinski definition) is 20. The van der Waals surface area contributed by atoms with Crippen LogP contribution in [0.15, 0.2) is 164 Å². The molecule has 0 spiro atoms. The summed E-state index contributed by atoms with van der Waals surface area (Å²) in [6.07, 6.45) is -16.1. The molecule has 0 N–H and O–H groups in total. The van der Waals surface area contributed by atoms with E-state index in [9.17, 15) is 33.6 Å². The maximum atomic E-state index is 13.8. The molecule has 20 nitrogen and oxygen atoms in total. The van der Waals surface area contributed by atoms with Gasteiger partial charge in [-0.3, -0.25) is 19.2 Å². The maximum absolute atomic E-state index is 13.8. The molecule has 6 aromatic carbocycles. The molecule has 0 saturated carbocycles. The minimum atomic E-state index is -1.69. The van der Waals surface area contributed by atoms with Crippen LogP contribution in [0.4, 0.5) is 4.79 Å². The van der Waals surface area contributed by atoms with E-state index in [1.807, 2.05) is 60.7 Å². The summed E-state index contributed by atoms with van der Waals surface area (Å²) in [5, 5.41) is 0. The van der Waals surface area contributed by atoms with Crippen LogP contribution in [0, 0.1) is 0 Å². The van der Waals surface area contributed by atoms with Crippen LogP contribution in [-0.4, -0.2) is 123 Å². The van der Waals surface area contributed by atoms with E-state index in [2.05, 4.69) is 0 Å². The van der Waals surface area contributed by atoms with Crippen LogP contribution in [0.3, 0.4) is 0 Å². The van der Waals surface area contributed by atoms with Gasteiger partial charge in [-0.05, 0) is 70.1 Å². The van der Waals surface area contributed by atoms with Crippen LogP contribution in [0.1, 0.15) is 84.6 Å². The number of hydrogen-bond donors (Lipinski definition) is 0. The molecular formula is C66H66O20. The average molecular weight is 1180 g/mol. The molecule has 20 heteroatoms. The second-order valence-electron chi connectivity index (χ2n) is 20.6. The zero-order chi connectivity index (χ0) is 60.5. The van der Waals surface area contributed by atoms with Crippen molar-refractivity contribution in [2.24, 2.45) is 0 Å². The monoisotopic (exact) mass is 1180 g/mol. The van der Waals surface area contributed by atoms with Gasteiger partial charge in [-0.15, -0.1) is 0 Å². The number of ether oxygens (including phenoxy) is 13. The lowest BCUT2D eigenvalue weighted by Gasteiger charge is -2.47. The van der Waals surface area contributed by atoms with Gasteiger partial charge < -0.3 is 66.4 Å². The highest BCUT2D eigenvalue weighted by Crippen LogP contribution is 2.45. The molecule has 0 radical (unpaired) electrons. The van der Waals surface area contributed by atoms with E-state index in [1.54, 1.807) is 103 Å². The predicted octanol–water partition coefficient (Wildman–Crippen LogP) is 9.10. The number of Topliss-reactive ketones (excluding diaryl/α,β-unsaturated/α-hetero) is 1. The summed E-state index contributed by atoms with van der Waals surface area (Å²) in [7, 11) is 0. The highest BCUT2D eigenvalue weighted by Gasteiger charge is 2.55. The highest BCUT2D eigenvalue weighted by molar-refractivity contribution is 5.91. The van der Waals surface area contributed by atoms with E-state index in [1.165, 1.54) is 13.8 Å². The van der Waals surface area contributed by atoms with Crippen molar-refractivity contribution < 1.29 is 95.1 Å². The quantitative estimate of drug-likeness (QED) is 0.0295. The van der Waals surface area contributed by atoms with Gasteiger partial charge in [-0.25, -0.2) is 9.59 Å². The molecule has 86 heavy (non-hydrogen) atoms. The Morgan fingerprint density at radius 1 is 0.407 bits per heavy atom. The lowest BCUT2D eigenvalue weighted by Crippen LogP contribution is -2.64. The van der Waals surface area contributed by atoms with Crippen molar-refractivity contribution in [3.05, 3.63) is 197 Å². The summed E-state index contributed by atoms with van der Waals surface area (Å²) in [6.45, 7) is 3.21. The van der Waals surface area contributed by atoms with Crippen LogP contribution < -0.4 is 4.74 Å². The third-order valence-corrected chi connectivity index (χ3v) is 14.3. The first-order chi connectivity index (χ1) is 41.7. The molecule has 2 heterocycles. The molecule has 2 fully saturated rings. The molecule has 3 aliphatic rings. The van der Waals surface area contributed by atoms with Crippen LogP contribution in [0.5, 0.6) is 5.75 Å². The number of carbonyl (C=O) groups excluding carboxylic acids is 7. The molecule has 0 bridgehead atoms. The summed E-state index contributed by atoms with van der Waals surface area (Å²) in [5.74, 6) is -4.15. The fourth-order valence-corrected chi connectivity index (χ4v) is 10.4. The first-order valence-corrected chi connectivity index (χ1v) is 28.1. The van der Waals surface area contributed by atoms with E-state index in [-0.39, 0.29) is 56.7 Å². The highest BCUT2D eigenvalue weighted by atomic mass is 16.8. The number of carbonyl (C=O) groups is 7. The summed E-state index contributed by atoms with van der Waals surface area (Å²) in [5.41, 5.74) is 6.30. The first kappa shape index (κ1) is 61.9. The predicted molar refractivity (Wildman–Crippen MR) is 303 cm³/mol. The number of benzene rings is 6. The Kier molecular flexibility index (Phi) is 21.6. The summed E-state index contributed by atoms with van der Waals surface area (Å²) in [6, 6.07) is 48.6. The Labute approximate surface area is 496 Å². The van der Waals surface area contributed by atoms with Gasteiger partial charge >= 0.3 is 36.0 Å². The molecule has 9 rings (SSSR count).